The zero-order chi connectivity index (χ0) is 15.7. The van der Waals surface area contributed by atoms with Gasteiger partial charge in [-0.25, -0.2) is 0 Å². The number of nitriles is 2. The Morgan fingerprint density at radius 2 is 1.62 bits per heavy atom. The molecule has 110 valence electrons. The molecular weight excluding hydrogens is 311 g/mol. The number of benzene rings is 1. The van der Waals surface area contributed by atoms with Gasteiger partial charge in [-0.15, -0.1) is 0 Å². The topological polar surface area (TPSA) is 79.9 Å². The summed E-state index contributed by atoms with van der Waals surface area (Å²) < 4.78 is 0. The number of anilines is 1. The number of rotatable bonds is 7. The molecule has 1 rings (SSSR count). The molecule has 0 saturated heterocycles. The van der Waals surface area contributed by atoms with Gasteiger partial charge in [0, 0.05) is 41.7 Å². The molecule has 0 radical (unpaired) electrons. The second kappa shape index (κ2) is 9.20. The molecule has 0 unspecified atom stereocenters. The minimum absolute atomic E-state index is 0.105. The summed E-state index contributed by atoms with van der Waals surface area (Å²) in [7, 11) is 0. The van der Waals surface area contributed by atoms with E-state index in [1.807, 2.05) is 12.1 Å². The van der Waals surface area contributed by atoms with Gasteiger partial charge in [0.1, 0.15) is 0 Å². The molecule has 0 aliphatic carbocycles. The van der Waals surface area contributed by atoms with Crippen molar-refractivity contribution >= 4 is 34.8 Å². The van der Waals surface area contributed by atoms with Crippen molar-refractivity contribution in [2.45, 2.75) is 12.8 Å². The first-order valence-corrected chi connectivity index (χ1v) is 7.03. The minimum Gasteiger partial charge on any atom is -0.325 e. The molecule has 0 spiro atoms. The molecule has 5 nitrogen and oxygen atoms in total. The van der Waals surface area contributed by atoms with E-state index in [-0.39, 0.29) is 12.5 Å². The molecule has 1 N–H and O–H groups in total. The number of carbonyl (C=O) groups excluding carboxylic acids is 1. The highest BCUT2D eigenvalue weighted by atomic mass is 35.5. The van der Waals surface area contributed by atoms with Crippen molar-refractivity contribution in [1.82, 2.24) is 4.90 Å². The minimum atomic E-state index is -0.246. The van der Waals surface area contributed by atoms with Crippen molar-refractivity contribution < 1.29 is 4.79 Å². The van der Waals surface area contributed by atoms with Gasteiger partial charge < -0.3 is 5.32 Å². The van der Waals surface area contributed by atoms with Crippen LogP contribution in [-0.4, -0.2) is 30.4 Å². The smallest absolute Gasteiger partial charge is 0.238 e. The van der Waals surface area contributed by atoms with E-state index >= 15 is 0 Å². The number of nitrogens with zero attached hydrogens (tertiary/aromatic N) is 3. The maximum absolute atomic E-state index is 12.0. The third-order valence-electron chi connectivity index (χ3n) is 2.59. The SMILES string of the molecule is N#CCCN(CCC#N)CC(=O)Nc1cc(Cl)cc(Cl)c1. The van der Waals surface area contributed by atoms with Gasteiger partial charge in [-0.1, -0.05) is 23.2 Å². The van der Waals surface area contributed by atoms with Crippen LogP contribution in [0.1, 0.15) is 12.8 Å². The highest BCUT2D eigenvalue weighted by Crippen LogP contribution is 2.22. The van der Waals surface area contributed by atoms with Crippen LogP contribution in [0.3, 0.4) is 0 Å². The molecule has 0 bridgehead atoms. The number of nitrogens with one attached hydrogen (secondary N) is 1. The zero-order valence-corrected chi connectivity index (χ0v) is 12.8. The molecule has 0 fully saturated rings. The Balaban J connectivity index is 2.60. The molecule has 1 amide bonds. The molecule has 1 aromatic rings. The lowest BCUT2D eigenvalue weighted by molar-refractivity contribution is -0.117. The van der Waals surface area contributed by atoms with Gasteiger partial charge in [-0.3, -0.25) is 9.69 Å². The highest BCUT2D eigenvalue weighted by Gasteiger charge is 2.11. The van der Waals surface area contributed by atoms with E-state index in [1.54, 1.807) is 23.1 Å². The first-order chi connectivity index (χ1) is 10.0. The van der Waals surface area contributed by atoms with Crippen LogP contribution in [0.4, 0.5) is 5.69 Å². The number of amides is 1. The van der Waals surface area contributed by atoms with Crippen molar-refractivity contribution in [3.05, 3.63) is 28.2 Å². The molecule has 0 aromatic heterocycles. The van der Waals surface area contributed by atoms with E-state index in [0.717, 1.165) is 0 Å². The van der Waals surface area contributed by atoms with Crippen LogP contribution in [0, 0.1) is 22.7 Å². The molecular formula is C14H14Cl2N4O. The molecule has 7 heteroatoms. The van der Waals surface area contributed by atoms with E-state index in [9.17, 15) is 4.79 Å². The maximum atomic E-state index is 12.0. The molecule has 21 heavy (non-hydrogen) atoms. The lowest BCUT2D eigenvalue weighted by Crippen LogP contribution is -2.34. The lowest BCUT2D eigenvalue weighted by Gasteiger charge is -2.19. The van der Waals surface area contributed by atoms with Gasteiger partial charge in [0.15, 0.2) is 0 Å². The Morgan fingerprint density at radius 3 is 2.10 bits per heavy atom. The first-order valence-electron chi connectivity index (χ1n) is 6.27. The number of hydrogen-bond acceptors (Lipinski definition) is 4. The summed E-state index contributed by atoms with van der Waals surface area (Å²) in [6, 6.07) is 8.81. The van der Waals surface area contributed by atoms with Crippen molar-refractivity contribution in [3.8, 4) is 12.1 Å². The fraction of sp³-hybridized carbons (Fsp3) is 0.357. The maximum Gasteiger partial charge on any atom is 0.238 e. The summed E-state index contributed by atoms with van der Waals surface area (Å²) in [5.41, 5.74) is 0.512. The fourth-order valence-corrected chi connectivity index (χ4v) is 2.24. The first kappa shape index (κ1) is 17.3. The molecule has 0 aliphatic rings. The number of halogens is 2. The van der Waals surface area contributed by atoms with E-state index in [1.165, 1.54) is 0 Å². The van der Waals surface area contributed by atoms with Crippen LogP contribution < -0.4 is 5.32 Å². The second-order valence-electron chi connectivity index (χ2n) is 4.30. The predicted molar refractivity (Wildman–Crippen MR) is 82.0 cm³/mol. The van der Waals surface area contributed by atoms with Crippen LogP contribution in [0.2, 0.25) is 10.0 Å². The Kier molecular flexibility index (Phi) is 7.56. The van der Waals surface area contributed by atoms with Crippen LogP contribution in [0.15, 0.2) is 18.2 Å². The van der Waals surface area contributed by atoms with Crippen molar-refractivity contribution in [2.75, 3.05) is 25.0 Å². The van der Waals surface area contributed by atoms with E-state index in [2.05, 4.69) is 5.32 Å². The van der Waals surface area contributed by atoms with Crippen LogP contribution in [0.5, 0.6) is 0 Å². The van der Waals surface area contributed by atoms with Crippen molar-refractivity contribution in [1.29, 1.82) is 10.5 Å². The summed E-state index contributed by atoms with van der Waals surface area (Å²) in [6.07, 6.45) is 0.614. The predicted octanol–water partition coefficient (Wildman–Crippen LogP) is 3.06. The lowest BCUT2D eigenvalue weighted by atomic mass is 10.3. The van der Waals surface area contributed by atoms with Gasteiger partial charge >= 0.3 is 0 Å². The van der Waals surface area contributed by atoms with Gasteiger partial charge in [0.05, 0.1) is 18.7 Å². The molecule has 0 atom stereocenters. The molecule has 0 aliphatic heterocycles. The van der Waals surface area contributed by atoms with Crippen molar-refractivity contribution in [2.24, 2.45) is 0 Å². The Bertz CT molecular complexity index is 539. The van der Waals surface area contributed by atoms with Gasteiger partial charge in [0.25, 0.3) is 0 Å². The molecule has 0 saturated carbocycles. The Labute approximate surface area is 133 Å². The largest absolute Gasteiger partial charge is 0.325 e. The third kappa shape index (κ3) is 6.97. The van der Waals surface area contributed by atoms with Crippen molar-refractivity contribution in [3.63, 3.8) is 0 Å². The van der Waals surface area contributed by atoms with E-state index in [4.69, 9.17) is 33.7 Å². The Morgan fingerprint density at radius 1 is 1.10 bits per heavy atom. The normalized spacial score (nSPS) is 9.95. The monoisotopic (exact) mass is 324 g/mol. The standard InChI is InChI=1S/C14H14Cl2N4O/c15-11-7-12(16)9-13(8-11)19-14(21)10-20(5-1-3-17)6-2-4-18/h7-9H,1-2,5-6,10H2,(H,19,21). The molecule has 1 aromatic carbocycles. The van der Waals surface area contributed by atoms with Gasteiger partial charge in [-0.05, 0) is 18.2 Å². The summed E-state index contributed by atoms with van der Waals surface area (Å²) >= 11 is 11.7. The third-order valence-corrected chi connectivity index (χ3v) is 3.03. The van der Waals surface area contributed by atoms with E-state index < -0.39 is 0 Å². The number of hydrogen-bond donors (Lipinski definition) is 1. The summed E-state index contributed by atoms with van der Waals surface area (Å²) in [5, 5.41) is 20.8. The highest BCUT2D eigenvalue weighted by molar-refractivity contribution is 6.35. The van der Waals surface area contributed by atoms with Gasteiger partial charge in [0.2, 0.25) is 5.91 Å². The van der Waals surface area contributed by atoms with Crippen LogP contribution in [0.25, 0.3) is 0 Å². The van der Waals surface area contributed by atoms with Gasteiger partial charge in [-0.2, -0.15) is 10.5 Å². The Hall–Kier alpha value is -1.79. The van der Waals surface area contributed by atoms with Crippen LogP contribution >= 0.6 is 23.2 Å². The average molecular weight is 325 g/mol. The average Bonchev–Trinajstić information content (AvgIpc) is 2.40. The van der Waals surface area contributed by atoms with E-state index in [0.29, 0.717) is 41.7 Å². The number of carbonyl (C=O) groups is 1. The molecule has 0 heterocycles. The quantitative estimate of drug-likeness (QED) is 0.835. The fourth-order valence-electron chi connectivity index (χ4n) is 1.72. The zero-order valence-electron chi connectivity index (χ0n) is 11.3. The second-order valence-corrected chi connectivity index (χ2v) is 5.17. The summed E-state index contributed by atoms with van der Waals surface area (Å²) in [6.45, 7) is 0.997. The summed E-state index contributed by atoms with van der Waals surface area (Å²) in [5.74, 6) is -0.246. The van der Waals surface area contributed by atoms with Crippen LogP contribution in [-0.2, 0) is 4.79 Å². The summed E-state index contributed by atoms with van der Waals surface area (Å²) in [4.78, 5) is 13.7.